The van der Waals surface area contributed by atoms with Gasteiger partial charge in [0.15, 0.2) is 0 Å². The predicted octanol–water partition coefficient (Wildman–Crippen LogP) is -0.0981. The molecule has 0 saturated carbocycles. The van der Waals surface area contributed by atoms with Gasteiger partial charge in [0, 0.05) is 25.8 Å². The maximum Gasteiger partial charge on any atom is 0.271 e. The molecular weight excluding hydrogens is 192 g/mol. The second kappa shape index (κ2) is 4.44. The molecule has 2 N–H and O–H groups in total. The Hall–Kier alpha value is -1.36. The third-order valence-electron chi connectivity index (χ3n) is 2.57. The highest BCUT2D eigenvalue weighted by Crippen LogP contribution is 2.02. The normalized spacial score (nSPS) is 21.3. The van der Waals surface area contributed by atoms with Crippen molar-refractivity contribution >= 4 is 5.91 Å². The number of imidazole rings is 1. The van der Waals surface area contributed by atoms with E-state index < -0.39 is 0 Å². The van der Waals surface area contributed by atoms with Gasteiger partial charge in [-0.05, 0) is 19.4 Å². The van der Waals surface area contributed by atoms with Crippen molar-refractivity contribution < 1.29 is 4.79 Å². The molecule has 5 heteroatoms. The number of nitrogens with one attached hydrogen (secondary N) is 2. The van der Waals surface area contributed by atoms with E-state index in [2.05, 4.69) is 15.6 Å². The van der Waals surface area contributed by atoms with Gasteiger partial charge in [0.05, 0.1) is 6.33 Å². The summed E-state index contributed by atoms with van der Waals surface area (Å²) in [4.78, 5) is 15.7. The van der Waals surface area contributed by atoms with E-state index in [1.165, 1.54) is 0 Å². The van der Waals surface area contributed by atoms with Crippen LogP contribution in [0.3, 0.4) is 0 Å². The van der Waals surface area contributed by atoms with E-state index in [-0.39, 0.29) is 11.9 Å². The monoisotopic (exact) mass is 208 g/mol. The highest BCUT2D eigenvalue weighted by Gasteiger charge is 2.17. The summed E-state index contributed by atoms with van der Waals surface area (Å²) in [6.07, 6.45) is 5.53. The smallest absolute Gasteiger partial charge is 0.271 e. The molecule has 15 heavy (non-hydrogen) atoms. The second-order valence-corrected chi connectivity index (χ2v) is 3.94. The minimum atomic E-state index is -0.0794. The van der Waals surface area contributed by atoms with E-state index in [1.807, 2.05) is 7.05 Å². The molecule has 1 atom stereocenters. The zero-order valence-electron chi connectivity index (χ0n) is 8.86. The number of carbonyl (C=O) groups is 1. The molecule has 2 heterocycles. The number of hydrogen-bond acceptors (Lipinski definition) is 3. The van der Waals surface area contributed by atoms with Crippen molar-refractivity contribution in [3.63, 3.8) is 0 Å². The van der Waals surface area contributed by atoms with Crippen molar-refractivity contribution in [3.05, 3.63) is 18.2 Å². The Morgan fingerprint density at radius 1 is 1.73 bits per heavy atom. The van der Waals surface area contributed by atoms with Gasteiger partial charge in [0.25, 0.3) is 5.91 Å². The third-order valence-corrected chi connectivity index (χ3v) is 2.57. The quantitative estimate of drug-likeness (QED) is 0.713. The first-order valence-electron chi connectivity index (χ1n) is 5.25. The van der Waals surface area contributed by atoms with Crippen LogP contribution >= 0.6 is 0 Å². The summed E-state index contributed by atoms with van der Waals surface area (Å²) in [5.74, 6) is -0.0794. The lowest BCUT2D eigenvalue weighted by atomic mass is 10.1. The standard InChI is InChI=1S/C10H16N4O/c1-14-6-9(12-7-14)10(15)13-8-3-2-4-11-5-8/h6-8,11H,2-5H2,1H3,(H,13,15). The average molecular weight is 208 g/mol. The molecule has 1 aliphatic heterocycles. The number of aryl methyl sites for hydroxylation is 1. The third kappa shape index (κ3) is 2.56. The SMILES string of the molecule is Cn1cnc(C(=O)NC2CCCNC2)c1. The molecule has 1 amide bonds. The van der Waals surface area contributed by atoms with Gasteiger partial charge >= 0.3 is 0 Å². The van der Waals surface area contributed by atoms with Crippen LogP contribution in [-0.2, 0) is 7.05 Å². The van der Waals surface area contributed by atoms with Crippen molar-refractivity contribution in [1.82, 2.24) is 20.2 Å². The van der Waals surface area contributed by atoms with Crippen LogP contribution in [0.15, 0.2) is 12.5 Å². The van der Waals surface area contributed by atoms with Gasteiger partial charge in [0.1, 0.15) is 5.69 Å². The van der Waals surface area contributed by atoms with Crippen molar-refractivity contribution in [1.29, 1.82) is 0 Å². The van der Waals surface area contributed by atoms with E-state index in [4.69, 9.17) is 0 Å². The number of rotatable bonds is 2. The van der Waals surface area contributed by atoms with E-state index in [9.17, 15) is 4.79 Å². The van der Waals surface area contributed by atoms with Crippen LogP contribution in [0, 0.1) is 0 Å². The number of nitrogens with zero attached hydrogens (tertiary/aromatic N) is 2. The second-order valence-electron chi connectivity index (χ2n) is 3.94. The van der Waals surface area contributed by atoms with E-state index >= 15 is 0 Å². The Balaban J connectivity index is 1.91. The van der Waals surface area contributed by atoms with Crippen LogP contribution < -0.4 is 10.6 Å². The van der Waals surface area contributed by atoms with Gasteiger partial charge in [-0.1, -0.05) is 0 Å². The van der Waals surface area contributed by atoms with E-state index in [0.717, 1.165) is 25.9 Å². The molecule has 1 aliphatic rings. The Morgan fingerprint density at radius 3 is 3.20 bits per heavy atom. The van der Waals surface area contributed by atoms with Crippen LogP contribution in [0.4, 0.5) is 0 Å². The summed E-state index contributed by atoms with van der Waals surface area (Å²) in [5.41, 5.74) is 0.489. The molecule has 1 unspecified atom stereocenters. The maximum atomic E-state index is 11.7. The molecule has 5 nitrogen and oxygen atoms in total. The first kappa shape index (κ1) is 10.2. The van der Waals surface area contributed by atoms with Crippen LogP contribution in [0.25, 0.3) is 0 Å². The summed E-state index contributed by atoms with van der Waals surface area (Å²) >= 11 is 0. The first-order valence-corrected chi connectivity index (χ1v) is 5.25. The van der Waals surface area contributed by atoms with Gasteiger partial charge < -0.3 is 15.2 Å². The Bertz CT molecular complexity index is 341. The van der Waals surface area contributed by atoms with Crippen molar-refractivity contribution in [2.24, 2.45) is 7.05 Å². The van der Waals surface area contributed by atoms with Crippen LogP contribution in [0.2, 0.25) is 0 Å². The molecule has 0 bridgehead atoms. The van der Waals surface area contributed by atoms with Crippen molar-refractivity contribution in [2.45, 2.75) is 18.9 Å². The van der Waals surface area contributed by atoms with Crippen LogP contribution in [-0.4, -0.2) is 34.6 Å². The van der Waals surface area contributed by atoms with Gasteiger partial charge in [-0.25, -0.2) is 4.98 Å². The molecule has 1 aromatic heterocycles. The largest absolute Gasteiger partial charge is 0.347 e. The van der Waals surface area contributed by atoms with Gasteiger partial charge in [-0.2, -0.15) is 0 Å². The molecule has 2 rings (SSSR count). The Kier molecular flexibility index (Phi) is 3.01. The van der Waals surface area contributed by atoms with E-state index in [0.29, 0.717) is 5.69 Å². The molecular formula is C10H16N4O. The van der Waals surface area contributed by atoms with Crippen molar-refractivity contribution in [3.8, 4) is 0 Å². The molecule has 1 saturated heterocycles. The summed E-state index contributed by atoms with van der Waals surface area (Å²) < 4.78 is 1.77. The van der Waals surface area contributed by atoms with Gasteiger partial charge in [0.2, 0.25) is 0 Å². The minimum absolute atomic E-state index is 0.0794. The topological polar surface area (TPSA) is 59.0 Å². The fraction of sp³-hybridized carbons (Fsp3) is 0.600. The molecule has 1 fully saturated rings. The van der Waals surface area contributed by atoms with Gasteiger partial charge in [-0.15, -0.1) is 0 Å². The number of amides is 1. The Labute approximate surface area is 88.9 Å². The number of piperidine rings is 1. The van der Waals surface area contributed by atoms with Crippen molar-refractivity contribution in [2.75, 3.05) is 13.1 Å². The lowest BCUT2D eigenvalue weighted by molar-refractivity contribution is 0.0926. The molecule has 0 radical (unpaired) electrons. The van der Waals surface area contributed by atoms with E-state index in [1.54, 1.807) is 17.1 Å². The molecule has 0 aromatic carbocycles. The fourth-order valence-corrected chi connectivity index (χ4v) is 1.76. The van der Waals surface area contributed by atoms with Gasteiger partial charge in [-0.3, -0.25) is 4.79 Å². The Morgan fingerprint density at radius 2 is 2.60 bits per heavy atom. The van der Waals surface area contributed by atoms with Crippen LogP contribution in [0.1, 0.15) is 23.3 Å². The predicted molar refractivity (Wildman–Crippen MR) is 56.6 cm³/mol. The first-order chi connectivity index (χ1) is 7.25. The highest BCUT2D eigenvalue weighted by molar-refractivity contribution is 5.92. The fourth-order valence-electron chi connectivity index (χ4n) is 1.76. The molecule has 1 aromatic rings. The summed E-state index contributed by atoms with van der Waals surface area (Å²) in [6.45, 7) is 1.91. The highest BCUT2D eigenvalue weighted by atomic mass is 16.2. The lowest BCUT2D eigenvalue weighted by Gasteiger charge is -2.23. The van der Waals surface area contributed by atoms with Crippen LogP contribution in [0.5, 0.6) is 0 Å². The minimum Gasteiger partial charge on any atom is -0.347 e. The number of hydrogen-bond donors (Lipinski definition) is 2. The molecule has 0 spiro atoms. The summed E-state index contributed by atoms with van der Waals surface area (Å²) in [5, 5.41) is 6.23. The summed E-state index contributed by atoms with van der Waals surface area (Å²) in [6, 6.07) is 0.244. The zero-order valence-corrected chi connectivity index (χ0v) is 8.86. The average Bonchev–Trinajstić information content (AvgIpc) is 2.66. The molecule has 0 aliphatic carbocycles. The number of carbonyl (C=O) groups excluding carboxylic acids is 1. The molecule has 82 valence electrons. The number of aromatic nitrogens is 2. The maximum absolute atomic E-state index is 11.7. The lowest BCUT2D eigenvalue weighted by Crippen LogP contribution is -2.45. The zero-order chi connectivity index (χ0) is 10.7. The summed E-state index contributed by atoms with van der Waals surface area (Å²) in [7, 11) is 1.85.